The highest BCUT2D eigenvalue weighted by Crippen LogP contribution is 2.40. The first-order valence-corrected chi connectivity index (χ1v) is 5.10. The second-order valence-electron chi connectivity index (χ2n) is 3.91. The number of piperidine rings is 1. The fraction of sp³-hybridized carbons (Fsp3) is 0.500. The molecule has 3 rings (SSSR count). The van der Waals surface area contributed by atoms with Crippen LogP contribution in [0.4, 0.5) is 0 Å². The maximum atomic E-state index is 3.85. The predicted octanol–water partition coefficient (Wildman–Crippen LogP) is 2.87. The van der Waals surface area contributed by atoms with Crippen molar-refractivity contribution >= 4 is 0 Å². The van der Waals surface area contributed by atoms with Crippen LogP contribution in [0.15, 0.2) is 37.1 Å². The van der Waals surface area contributed by atoms with Crippen molar-refractivity contribution in [2.75, 3.05) is 0 Å². The molecule has 1 heteroatoms. The summed E-state index contributed by atoms with van der Waals surface area (Å²) in [6, 6.07) is 1.59. The number of allylic oxidation sites excluding steroid dienone is 3. The van der Waals surface area contributed by atoms with Gasteiger partial charge in [-0.05, 0) is 37.8 Å². The van der Waals surface area contributed by atoms with Gasteiger partial charge in [0, 0.05) is 17.8 Å². The monoisotopic (exact) mass is 175 g/mol. The van der Waals surface area contributed by atoms with Gasteiger partial charge < -0.3 is 4.90 Å². The number of hydrogen-bond acceptors (Lipinski definition) is 1. The lowest BCUT2D eigenvalue weighted by atomic mass is 9.79. The summed E-state index contributed by atoms with van der Waals surface area (Å²) in [5.74, 6) is 0. The van der Waals surface area contributed by atoms with Crippen molar-refractivity contribution in [3.8, 4) is 0 Å². The van der Waals surface area contributed by atoms with Gasteiger partial charge in [-0.3, -0.25) is 0 Å². The minimum atomic E-state index is 0.794. The Morgan fingerprint density at radius 3 is 2.38 bits per heavy atom. The first-order chi connectivity index (χ1) is 6.36. The van der Waals surface area contributed by atoms with Crippen LogP contribution >= 0.6 is 0 Å². The lowest BCUT2D eigenvalue weighted by molar-refractivity contribution is 0.00964. The lowest BCUT2D eigenvalue weighted by Crippen LogP contribution is -2.57. The molecular formula is C12H17N. The molecule has 0 radical (unpaired) electrons. The minimum absolute atomic E-state index is 0.794. The highest BCUT2D eigenvalue weighted by atomic mass is 15.3. The van der Waals surface area contributed by atoms with Crippen LogP contribution < -0.4 is 0 Å². The zero-order valence-electron chi connectivity index (χ0n) is 8.08. The van der Waals surface area contributed by atoms with Crippen molar-refractivity contribution in [3.63, 3.8) is 0 Å². The average Bonchev–Trinajstić information content (AvgIpc) is 2.18. The Bertz CT molecular complexity index is 238. The zero-order valence-corrected chi connectivity index (χ0v) is 8.08. The molecule has 0 N–H and O–H groups in total. The summed E-state index contributed by atoms with van der Waals surface area (Å²) < 4.78 is 0. The van der Waals surface area contributed by atoms with Crippen LogP contribution in [0.5, 0.6) is 0 Å². The van der Waals surface area contributed by atoms with Crippen molar-refractivity contribution < 1.29 is 0 Å². The van der Waals surface area contributed by atoms with Crippen LogP contribution in [-0.2, 0) is 0 Å². The maximum absolute atomic E-state index is 3.85. The van der Waals surface area contributed by atoms with Crippen LogP contribution in [0.3, 0.4) is 0 Å². The van der Waals surface area contributed by atoms with Crippen LogP contribution in [0.2, 0.25) is 0 Å². The van der Waals surface area contributed by atoms with Gasteiger partial charge in [0.25, 0.3) is 0 Å². The quantitative estimate of drug-likeness (QED) is 0.596. The van der Waals surface area contributed by atoms with Gasteiger partial charge in [0.2, 0.25) is 0 Å². The standard InChI is InChI=1S/C12H17N/c1-3-6-10(4-2)13-11-7-5-8-12(13)9-11/h3-4,6,11-12H,1-2,5,7-9H2/b10-6+. The van der Waals surface area contributed by atoms with Crippen LogP contribution in [0.25, 0.3) is 0 Å². The molecular weight excluding hydrogens is 158 g/mol. The molecule has 2 saturated heterocycles. The molecule has 0 aromatic carbocycles. The Labute approximate surface area is 80.4 Å². The summed E-state index contributed by atoms with van der Waals surface area (Å²) in [5.41, 5.74) is 1.26. The normalized spacial score (nSPS) is 32.3. The highest BCUT2D eigenvalue weighted by molar-refractivity contribution is 5.25. The van der Waals surface area contributed by atoms with Gasteiger partial charge in [0.15, 0.2) is 0 Å². The molecule has 3 aliphatic rings. The van der Waals surface area contributed by atoms with E-state index in [0.29, 0.717) is 0 Å². The Hall–Kier alpha value is -0.980. The molecule has 3 fully saturated rings. The molecule has 0 spiro atoms. The van der Waals surface area contributed by atoms with E-state index in [2.05, 4.69) is 24.1 Å². The van der Waals surface area contributed by atoms with Crippen molar-refractivity contribution in [3.05, 3.63) is 37.1 Å². The van der Waals surface area contributed by atoms with Gasteiger partial charge in [0.05, 0.1) is 0 Å². The van der Waals surface area contributed by atoms with E-state index in [0.717, 1.165) is 12.1 Å². The van der Waals surface area contributed by atoms with Crippen molar-refractivity contribution in [2.45, 2.75) is 37.8 Å². The Morgan fingerprint density at radius 2 is 1.92 bits per heavy atom. The summed E-state index contributed by atoms with van der Waals surface area (Å²) in [6.45, 7) is 7.58. The van der Waals surface area contributed by atoms with Gasteiger partial charge in [-0.2, -0.15) is 0 Å². The first-order valence-electron chi connectivity index (χ1n) is 5.10. The second-order valence-corrected chi connectivity index (χ2v) is 3.91. The Morgan fingerprint density at radius 1 is 1.23 bits per heavy atom. The number of hydrogen-bond donors (Lipinski definition) is 0. The molecule has 2 aliphatic heterocycles. The number of fused-ring (bicyclic) bond motifs is 2. The largest absolute Gasteiger partial charge is 0.365 e. The van der Waals surface area contributed by atoms with Gasteiger partial charge >= 0.3 is 0 Å². The molecule has 2 heterocycles. The van der Waals surface area contributed by atoms with Crippen molar-refractivity contribution in [1.82, 2.24) is 4.90 Å². The zero-order chi connectivity index (χ0) is 9.26. The summed E-state index contributed by atoms with van der Waals surface area (Å²) in [7, 11) is 0. The van der Waals surface area contributed by atoms with E-state index in [1.54, 1.807) is 0 Å². The third-order valence-corrected chi connectivity index (χ3v) is 3.20. The van der Waals surface area contributed by atoms with Crippen LogP contribution in [-0.4, -0.2) is 17.0 Å². The van der Waals surface area contributed by atoms with Gasteiger partial charge in [0.1, 0.15) is 0 Å². The summed E-state index contributed by atoms with van der Waals surface area (Å²) in [4.78, 5) is 2.51. The first kappa shape index (κ1) is 8.61. The smallest absolute Gasteiger partial charge is 0.0365 e. The van der Waals surface area contributed by atoms with Gasteiger partial charge in [-0.25, -0.2) is 0 Å². The van der Waals surface area contributed by atoms with Crippen LogP contribution in [0, 0.1) is 0 Å². The molecule has 70 valence electrons. The van der Waals surface area contributed by atoms with Crippen LogP contribution in [0.1, 0.15) is 25.7 Å². The number of rotatable bonds is 3. The third-order valence-electron chi connectivity index (χ3n) is 3.20. The highest BCUT2D eigenvalue weighted by Gasteiger charge is 2.41. The molecule has 2 atom stereocenters. The van der Waals surface area contributed by atoms with E-state index in [-0.39, 0.29) is 0 Å². The lowest BCUT2D eigenvalue weighted by Gasteiger charge is -2.55. The third kappa shape index (κ3) is 1.32. The van der Waals surface area contributed by atoms with E-state index in [4.69, 9.17) is 0 Å². The SMILES string of the molecule is C=C/C=C(\C=C)N1C2CCCC1C2. The van der Waals surface area contributed by atoms with E-state index < -0.39 is 0 Å². The second kappa shape index (κ2) is 3.41. The topological polar surface area (TPSA) is 3.24 Å². The van der Waals surface area contributed by atoms with E-state index in [1.807, 2.05) is 12.2 Å². The molecule has 1 aliphatic carbocycles. The maximum Gasteiger partial charge on any atom is 0.0365 e. The fourth-order valence-electron chi connectivity index (χ4n) is 2.61. The molecule has 0 aromatic heterocycles. The van der Waals surface area contributed by atoms with E-state index in [9.17, 15) is 0 Å². The predicted molar refractivity (Wildman–Crippen MR) is 56.4 cm³/mol. The fourth-order valence-corrected chi connectivity index (χ4v) is 2.61. The Kier molecular flexibility index (Phi) is 2.26. The van der Waals surface area contributed by atoms with Gasteiger partial charge in [-0.15, -0.1) is 0 Å². The molecule has 2 bridgehead atoms. The molecule has 2 unspecified atom stereocenters. The summed E-state index contributed by atoms with van der Waals surface area (Å²) in [5, 5.41) is 0. The summed E-state index contributed by atoms with van der Waals surface area (Å²) >= 11 is 0. The average molecular weight is 175 g/mol. The van der Waals surface area contributed by atoms with Gasteiger partial charge in [-0.1, -0.05) is 19.2 Å². The molecule has 1 nitrogen and oxygen atoms in total. The van der Waals surface area contributed by atoms with Crippen molar-refractivity contribution in [2.24, 2.45) is 0 Å². The minimum Gasteiger partial charge on any atom is -0.365 e. The summed E-state index contributed by atoms with van der Waals surface area (Å²) in [6.07, 6.45) is 11.4. The molecule has 1 saturated carbocycles. The number of nitrogens with zero attached hydrogens (tertiary/aromatic N) is 1. The Balaban J connectivity index is 2.12. The van der Waals surface area contributed by atoms with E-state index in [1.165, 1.54) is 31.4 Å². The van der Waals surface area contributed by atoms with Crippen molar-refractivity contribution in [1.29, 1.82) is 0 Å². The molecule has 0 aromatic rings. The molecule has 13 heavy (non-hydrogen) atoms. The molecule has 0 amide bonds. The van der Waals surface area contributed by atoms with E-state index >= 15 is 0 Å².